The van der Waals surface area contributed by atoms with Crippen molar-refractivity contribution in [2.75, 3.05) is 0 Å². The molecule has 4 N–H and O–H groups in total. The molecule has 1 aliphatic carbocycles. The van der Waals surface area contributed by atoms with Crippen molar-refractivity contribution in [3.63, 3.8) is 0 Å². The van der Waals surface area contributed by atoms with E-state index in [-0.39, 0.29) is 18.0 Å². The number of aliphatic carboxylic acids is 1. The van der Waals surface area contributed by atoms with Crippen LogP contribution >= 0.6 is 11.6 Å². The zero-order valence-electron chi connectivity index (χ0n) is 17.7. The van der Waals surface area contributed by atoms with E-state index in [1.54, 1.807) is 18.2 Å². The first kappa shape index (κ1) is 21.4. The molecule has 1 aliphatic rings. The van der Waals surface area contributed by atoms with Crippen LogP contribution in [0.15, 0.2) is 48.5 Å². The predicted molar refractivity (Wildman–Crippen MR) is 121 cm³/mol. The summed E-state index contributed by atoms with van der Waals surface area (Å²) in [7, 11) is 0. The molecule has 1 heterocycles. The average Bonchev–Trinajstić information content (AvgIpc) is 3.25. The van der Waals surface area contributed by atoms with E-state index >= 15 is 0 Å². The first-order valence-electron chi connectivity index (χ1n) is 10.3. The van der Waals surface area contributed by atoms with Crippen molar-refractivity contribution in [1.82, 2.24) is 15.6 Å². The van der Waals surface area contributed by atoms with Crippen LogP contribution in [0.25, 0.3) is 10.9 Å². The normalized spacial score (nSPS) is 19.2. The lowest BCUT2D eigenvalue weighted by molar-refractivity contribution is -0.142. The van der Waals surface area contributed by atoms with Crippen molar-refractivity contribution in [3.05, 3.63) is 70.4 Å². The Bertz CT molecular complexity index is 1150. The highest BCUT2D eigenvalue weighted by Crippen LogP contribution is 2.34. The molecular formula is C24H26ClN3O3. The van der Waals surface area contributed by atoms with Crippen LogP contribution in [0.2, 0.25) is 5.02 Å². The van der Waals surface area contributed by atoms with E-state index in [4.69, 9.17) is 11.6 Å². The van der Waals surface area contributed by atoms with Crippen LogP contribution in [-0.4, -0.2) is 34.1 Å². The minimum atomic E-state index is -0.908. The SMILES string of the molecule is CC(C)(C)C(N[C@@H]1c2ccccc2C[C@H]1NC(=O)c1cc2cc(Cl)ccc2[nH]1)C(=O)O. The molecule has 6 nitrogen and oxygen atoms in total. The second-order valence-corrected chi connectivity index (χ2v) is 9.62. The highest BCUT2D eigenvalue weighted by atomic mass is 35.5. The molecule has 0 radical (unpaired) electrons. The van der Waals surface area contributed by atoms with Crippen molar-refractivity contribution < 1.29 is 14.7 Å². The number of hydrogen-bond donors (Lipinski definition) is 4. The van der Waals surface area contributed by atoms with Crippen molar-refractivity contribution >= 4 is 34.4 Å². The largest absolute Gasteiger partial charge is 0.480 e. The third kappa shape index (κ3) is 4.31. The molecule has 1 unspecified atom stereocenters. The van der Waals surface area contributed by atoms with Crippen molar-refractivity contribution in [3.8, 4) is 0 Å². The fraction of sp³-hybridized carbons (Fsp3) is 0.333. The molecule has 3 aromatic rings. The first-order chi connectivity index (χ1) is 14.6. The topological polar surface area (TPSA) is 94.2 Å². The minimum absolute atomic E-state index is 0.237. The molecule has 0 spiro atoms. The molecule has 0 bridgehead atoms. The van der Waals surface area contributed by atoms with Gasteiger partial charge in [-0.15, -0.1) is 0 Å². The molecule has 2 aromatic carbocycles. The number of hydrogen-bond acceptors (Lipinski definition) is 3. The van der Waals surface area contributed by atoms with Gasteiger partial charge in [-0.3, -0.25) is 14.9 Å². The highest BCUT2D eigenvalue weighted by molar-refractivity contribution is 6.31. The number of carbonyl (C=O) groups is 2. The van der Waals surface area contributed by atoms with Crippen LogP contribution in [0.4, 0.5) is 0 Å². The number of halogens is 1. The summed E-state index contributed by atoms with van der Waals surface area (Å²) >= 11 is 6.06. The van der Waals surface area contributed by atoms with E-state index < -0.39 is 17.4 Å². The maximum atomic E-state index is 13.0. The number of carbonyl (C=O) groups excluding carboxylic acids is 1. The van der Waals surface area contributed by atoms with Gasteiger partial charge in [0.05, 0.1) is 12.1 Å². The van der Waals surface area contributed by atoms with Crippen molar-refractivity contribution in [2.45, 2.75) is 45.3 Å². The van der Waals surface area contributed by atoms with Gasteiger partial charge in [0.25, 0.3) is 5.91 Å². The number of aromatic amines is 1. The number of fused-ring (bicyclic) bond motifs is 2. The Hall–Kier alpha value is -2.83. The molecule has 7 heteroatoms. The summed E-state index contributed by atoms with van der Waals surface area (Å²) in [6.07, 6.45) is 0.627. The van der Waals surface area contributed by atoms with Gasteiger partial charge in [-0.25, -0.2) is 0 Å². The average molecular weight is 440 g/mol. The van der Waals surface area contributed by atoms with Gasteiger partial charge >= 0.3 is 5.97 Å². The third-order valence-corrected chi connectivity index (χ3v) is 6.07. The van der Waals surface area contributed by atoms with Gasteiger partial charge in [0.15, 0.2) is 0 Å². The van der Waals surface area contributed by atoms with E-state index in [1.165, 1.54) is 0 Å². The van der Waals surface area contributed by atoms with Crippen LogP contribution in [0.3, 0.4) is 0 Å². The predicted octanol–water partition coefficient (Wildman–Crippen LogP) is 4.31. The molecule has 0 aliphatic heterocycles. The van der Waals surface area contributed by atoms with E-state index in [1.807, 2.05) is 51.1 Å². The first-order valence-corrected chi connectivity index (χ1v) is 10.7. The Morgan fingerprint density at radius 3 is 2.61 bits per heavy atom. The lowest BCUT2D eigenvalue weighted by atomic mass is 9.85. The maximum absolute atomic E-state index is 13.0. The molecule has 1 amide bonds. The van der Waals surface area contributed by atoms with Gasteiger partial charge in [-0.05, 0) is 47.2 Å². The second-order valence-electron chi connectivity index (χ2n) is 9.18. The quantitative estimate of drug-likeness (QED) is 0.476. The summed E-state index contributed by atoms with van der Waals surface area (Å²) in [5, 5.41) is 17.7. The van der Waals surface area contributed by atoms with Crippen LogP contribution in [0, 0.1) is 5.41 Å². The maximum Gasteiger partial charge on any atom is 0.321 e. The zero-order chi connectivity index (χ0) is 22.3. The molecule has 31 heavy (non-hydrogen) atoms. The number of amides is 1. The van der Waals surface area contributed by atoms with Gasteiger partial charge < -0.3 is 15.4 Å². The second kappa shape index (κ2) is 8.02. The van der Waals surface area contributed by atoms with Crippen LogP contribution in [0.5, 0.6) is 0 Å². The number of nitrogens with one attached hydrogen (secondary N) is 3. The van der Waals surface area contributed by atoms with Gasteiger partial charge in [-0.1, -0.05) is 56.6 Å². The third-order valence-electron chi connectivity index (χ3n) is 5.84. The van der Waals surface area contributed by atoms with E-state index in [0.717, 1.165) is 22.0 Å². The fourth-order valence-corrected chi connectivity index (χ4v) is 4.46. The Labute approximate surface area is 186 Å². The molecule has 4 rings (SSSR count). The lowest BCUT2D eigenvalue weighted by Gasteiger charge is -2.33. The Kier molecular flexibility index (Phi) is 5.54. The van der Waals surface area contributed by atoms with Crippen molar-refractivity contribution in [1.29, 1.82) is 0 Å². The van der Waals surface area contributed by atoms with Crippen molar-refractivity contribution in [2.24, 2.45) is 5.41 Å². The Morgan fingerprint density at radius 1 is 1.16 bits per heavy atom. The summed E-state index contributed by atoms with van der Waals surface area (Å²) < 4.78 is 0. The molecule has 1 aromatic heterocycles. The van der Waals surface area contributed by atoms with Crippen LogP contribution in [0.1, 0.15) is 48.4 Å². The molecule has 162 valence electrons. The number of H-pyrrole nitrogens is 1. The summed E-state index contributed by atoms with van der Waals surface area (Å²) in [6, 6.07) is 13.8. The van der Waals surface area contributed by atoms with Crippen LogP contribution < -0.4 is 10.6 Å². The number of aromatic nitrogens is 1. The number of carboxylic acids is 1. The highest BCUT2D eigenvalue weighted by Gasteiger charge is 2.40. The van der Waals surface area contributed by atoms with Gasteiger partial charge in [0.2, 0.25) is 0 Å². The fourth-order valence-electron chi connectivity index (χ4n) is 4.28. The monoisotopic (exact) mass is 439 g/mol. The minimum Gasteiger partial charge on any atom is -0.480 e. The number of carboxylic acid groups (broad SMARTS) is 1. The van der Waals surface area contributed by atoms with Gasteiger partial charge in [-0.2, -0.15) is 0 Å². The summed E-state index contributed by atoms with van der Waals surface area (Å²) in [5.74, 6) is -1.14. The molecule has 0 saturated heterocycles. The lowest BCUT2D eigenvalue weighted by Crippen LogP contribution is -2.52. The summed E-state index contributed by atoms with van der Waals surface area (Å²) in [6.45, 7) is 5.68. The van der Waals surface area contributed by atoms with Gasteiger partial charge in [0.1, 0.15) is 11.7 Å². The van der Waals surface area contributed by atoms with E-state index in [0.29, 0.717) is 17.1 Å². The molecular weight excluding hydrogens is 414 g/mol. The van der Waals surface area contributed by atoms with Gasteiger partial charge in [0, 0.05) is 15.9 Å². The standard InChI is InChI=1S/C24H26ClN3O3/c1-24(2,3)21(23(30)31)28-20-16-7-5-4-6-13(16)11-18(20)27-22(29)19-12-14-10-15(25)8-9-17(14)26-19/h4-10,12,18,20-21,26,28H,11H2,1-3H3,(H,27,29)(H,30,31)/t18-,20-,21?/m1/s1. The Balaban J connectivity index is 1.61. The number of benzene rings is 2. The summed E-state index contributed by atoms with van der Waals surface area (Å²) in [4.78, 5) is 28.1. The van der Waals surface area contributed by atoms with E-state index in [2.05, 4.69) is 15.6 Å². The smallest absolute Gasteiger partial charge is 0.321 e. The molecule has 3 atom stereocenters. The summed E-state index contributed by atoms with van der Waals surface area (Å²) in [5.41, 5.74) is 2.91. The number of rotatable bonds is 5. The van der Waals surface area contributed by atoms with E-state index in [9.17, 15) is 14.7 Å². The zero-order valence-corrected chi connectivity index (χ0v) is 18.5. The molecule has 0 fully saturated rings. The molecule has 0 saturated carbocycles. The van der Waals surface area contributed by atoms with Crippen LogP contribution in [-0.2, 0) is 11.2 Å². The Morgan fingerprint density at radius 2 is 1.90 bits per heavy atom.